The zero-order valence-corrected chi connectivity index (χ0v) is 9.40. The number of para-hydroxylation sites is 1. The average molecular weight is 220 g/mol. The number of nitrogens with zero attached hydrogens (tertiary/aromatic N) is 1. The number of hydrogen-bond acceptors (Lipinski definition) is 3. The maximum Gasteiger partial charge on any atom is 0.414 e. The fourth-order valence-electron chi connectivity index (χ4n) is 1.85. The molecule has 1 aliphatic heterocycles. The average Bonchev–Trinajstić information content (AvgIpc) is 2.51. The van der Waals surface area contributed by atoms with Crippen LogP contribution in [0.3, 0.4) is 0 Å². The highest BCUT2D eigenvalue weighted by atomic mass is 16.6. The topological polar surface area (TPSA) is 41.6 Å². The van der Waals surface area contributed by atoms with Gasteiger partial charge in [0.1, 0.15) is 0 Å². The number of rotatable bonds is 1. The first-order valence-corrected chi connectivity index (χ1v) is 5.56. The van der Waals surface area contributed by atoms with E-state index in [4.69, 9.17) is 4.74 Å². The first-order valence-electron chi connectivity index (χ1n) is 5.56. The van der Waals surface area contributed by atoms with Crippen LogP contribution in [0.2, 0.25) is 0 Å². The van der Waals surface area contributed by atoms with Gasteiger partial charge in [0.15, 0.2) is 0 Å². The monoisotopic (exact) mass is 220 g/mol. The fourth-order valence-corrected chi connectivity index (χ4v) is 1.85. The second kappa shape index (κ2) is 4.99. The van der Waals surface area contributed by atoms with Gasteiger partial charge in [0.2, 0.25) is 0 Å². The van der Waals surface area contributed by atoms with Crippen LogP contribution in [0.5, 0.6) is 0 Å². The zero-order chi connectivity index (χ0) is 11.4. The number of hydrogen-bond donors (Lipinski definition) is 1. The van der Waals surface area contributed by atoms with Crippen molar-refractivity contribution in [3.63, 3.8) is 0 Å². The molecule has 0 atom stereocenters. The number of carbonyl (C=O) groups is 1. The standard InChI is InChI=1S/C12H16N2O2/c1-2-16-12(15)14-8-7-13-9-10-5-3-4-6-11(10)14/h3-6,13H,2,7-9H2,1H3. The number of nitrogens with one attached hydrogen (secondary N) is 1. The molecule has 86 valence electrons. The highest BCUT2D eigenvalue weighted by Crippen LogP contribution is 2.22. The predicted molar refractivity (Wildman–Crippen MR) is 62.5 cm³/mol. The van der Waals surface area contributed by atoms with Gasteiger partial charge in [-0.2, -0.15) is 0 Å². The fraction of sp³-hybridized carbons (Fsp3) is 0.417. The number of amides is 1. The van der Waals surface area contributed by atoms with Crippen LogP contribution >= 0.6 is 0 Å². The van der Waals surface area contributed by atoms with E-state index >= 15 is 0 Å². The molecule has 0 spiro atoms. The van der Waals surface area contributed by atoms with Gasteiger partial charge in [0, 0.05) is 19.6 Å². The lowest BCUT2D eigenvalue weighted by atomic mass is 10.1. The molecule has 1 heterocycles. The van der Waals surface area contributed by atoms with Gasteiger partial charge >= 0.3 is 6.09 Å². The van der Waals surface area contributed by atoms with Crippen molar-refractivity contribution in [2.24, 2.45) is 0 Å². The molecule has 2 rings (SSSR count). The van der Waals surface area contributed by atoms with Crippen molar-refractivity contribution in [2.75, 3.05) is 24.6 Å². The molecule has 1 aliphatic rings. The smallest absolute Gasteiger partial charge is 0.414 e. The molecule has 16 heavy (non-hydrogen) atoms. The van der Waals surface area contributed by atoms with E-state index in [2.05, 4.69) is 5.32 Å². The molecule has 1 amide bonds. The molecular formula is C12H16N2O2. The summed E-state index contributed by atoms with van der Waals surface area (Å²) in [5, 5.41) is 3.28. The van der Waals surface area contributed by atoms with Crippen molar-refractivity contribution in [1.29, 1.82) is 0 Å². The molecule has 0 unspecified atom stereocenters. The van der Waals surface area contributed by atoms with Gasteiger partial charge < -0.3 is 10.1 Å². The molecule has 4 heteroatoms. The third kappa shape index (κ3) is 2.17. The molecule has 1 N–H and O–H groups in total. The van der Waals surface area contributed by atoms with Crippen molar-refractivity contribution < 1.29 is 9.53 Å². The van der Waals surface area contributed by atoms with Crippen LogP contribution in [0, 0.1) is 0 Å². The van der Waals surface area contributed by atoms with Crippen molar-refractivity contribution in [3.8, 4) is 0 Å². The number of ether oxygens (including phenoxy) is 1. The van der Waals surface area contributed by atoms with E-state index in [1.54, 1.807) is 4.90 Å². The van der Waals surface area contributed by atoms with Gasteiger partial charge in [-0.25, -0.2) is 4.79 Å². The van der Waals surface area contributed by atoms with Crippen LogP contribution < -0.4 is 10.2 Å². The van der Waals surface area contributed by atoms with Gasteiger partial charge in [-0.15, -0.1) is 0 Å². The number of carbonyl (C=O) groups excluding carboxylic acids is 1. The second-order valence-corrected chi connectivity index (χ2v) is 3.66. The Morgan fingerprint density at radius 3 is 3.12 bits per heavy atom. The van der Waals surface area contributed by atoms with E-state index in [9.17, 15) is 4.79 Å². The van der Waals surface area contributed by atoms with Crippen molar-refractivity contribution in [3.05, 3.63) is 29.8 Å². The zero-order valence-electron chi connectivity index (χ0n) is 9.40. The largest absolute Gasteiger partial charge is 0.449 e. The highest BCUT2D eigenvalue weighted by molar-refractivity contribution is 5.88. The molecule has 0 saturated heterocycles. The minimum Gasteiger partial charge on any atom is -0.449 e. The van der Waals surface area contributed by atoms with E-state index < -0.39 is 0 Å². The molecule has 0 bridgehead atoms. The summed E-state index contributed by atoms with van der Waals surface area (Å²) in [5.74, 6) is 0. The van der Waals surface area contributed by atoms with E-state index in [1.807, 2.05) is 31.2 Å². The van der Waals surface area contributed by atoms with Crippen molar-refractivity contribution >= 4 is 11.8 Å². The lowest BCUT2D eigenvalue weighted by Crippen LogP contribution is -2.35. The van der Waals surface area contributed by atoms with Gasteiger partial charge in [0.05, 0.1) is 12.3 Å². The third-order valence-electron chi connectivity index (χ3n) is 2.60. The molecule has 0 aromatic heterocycles. The Balaban J connectivity index is 2.28. The van der Waals surface area contributed by atoms with Crippen LogP contribution in [0.1, 0.15) is 12.5 Å². The van der Waals surface area contributed by atoms with Crippen LogP contribution in [0.25, 0.3) is 0 Å². The highest BCUT2D eigenvalue weighted by Gasteiger charge is 2.21. The summed E-state index contributed by atoms with van der Waals surface area (Å²) >= 11 is 0. The lowest BCUT2D eigenvalue weighted by molar-refractivity contribution is 0.160. The summed E-state index contributed by atoms with van der Waals surface area (Å²) in [4.78, 5) is 13.5. The summed E-state index contributed by atoms with van der Waals surface area (Å²) in [6.07, 6.45) is -0.265. The Morgan fingerprint density at radius 2 is 2.31 bits per heavy atom. The second-order valence-electron chi connectivity index (χ2n) is 3.66. The molecule has 0 radical (unpaired) electrons. The van der Waals surface area contributed by atoms with Gasteiger partial charge in [-0.05, 0) is 18.6 Å². The summed E-state index contributed by atoms with van der Waals surface area (Å²) in [6.45, 7) is 4.46. The molecule has 1 aromatic rings. The van der Waals surface area contributed by atoms with Crippen molar-refractivity contribution in [2.45, 2.75) is 13.5 Å². The van der Waals surface area contributed by atoms with Crippen LogP contribution in [-0.4, -0.2) is 25.8 Å². The van der Waals surface area contributed by atoms with E-state index in [-0.39, 0.29) is 6.09 Å². The molecular weight excluding hydrogens is 204 g/mol. The van der Waals surface area contributed by atoms with Crippen LogP contribution in [-0.2, 0) is 11.3 Å². The van der Waals surface area contributed by atoms with Crippen molar-refractivity contribution in [1.82, 2.24) is 5.32 Å². The molecule has 1 aromatic carbocycles. The number of fused-ring (bicyclic) bond motifs is 1. The molecule has 0 saturated carbocycles. The minimum absolute atomic E-state index is 0.265. The maximum absolute atomic E-state index is 11.8. The Hall–Kier alpha value is -1.55. The van der Waals surface area contributed by atoms with Crippen LogP contribution in [0.15, 0.2) is 24.3 Å². The SMILES string of the molecule is CCOC(=O)N1CCNCc2ccccc21. The van der Waals surface area contributed by atoms with Gasteiger partial charge in [-0.1, -0.05) is 18.2 Å². The Labute approximate surface area is 95.2 Å². The first-order chi connectivity index (χ1) is 7.83. The van der Waals surface area contributed by atoms with Gasteiger partial charge in [0.25, 0.3) is 0 Å². The number of anilines is 1. The first kappa shape index (κ1) is 11.0. The Kier molecular flexibility index (Phi) is 3.41. The maximum atomic E-state index is 11.8. The predicted octanol–water partition coefficient (Wildman–Crippen LogP) is 1.75. The summed E-state index contributed by atoms with van der Waals surface area (Å²) in [6, 6.07) is 7.91. The van der Waals surface area contributed by atoms with Crippen LogP contribution in [0.4, 0.5) is 10.5 Å². The van der Waals surface area contributed by atoms with E-state index in [1.165, 1.54) is 0 Å². The lowest BCUT2D eigenvalue weighted by Gasteiger charge is -2.21. The van der Waals surface area contributed by atoms with E-state index in [0.717, 1.165) is 24.3 Å². The number of benzene rings is 1. The van der Waals surface area contributed by atoms with E-state index in [0.29, 0.717) is 13.2 Å². The summed E-state index contributed by atoms with van der Waals surface area (Å²) in [5.41, 5.74) is 2.08. The Morgan fingerprint density at radius 1 is 1.50 bits per heavy atom. The molecule has 4 nitrogen and oxygen atoms in total. The Bertz CT molecular complexity index is 379. The molecule has 0 aliphatic carbocycles. The van der Waals surface area contributed by atoms with Gasteiger partial charge in [-0.3, -0.25) is 4.90 Å². The normalized spacial score (nSPS) is 15.2. The third-order valence-corrected chi connectivity index (χ3v) is 2.60. The summed E-state index contributed by atoms with van der Waals surface area (Å²) < 4.78 is 5.05. The minimum atomic E-state index is -0.265. The summed E-state index contributed by atoms with van der Waals surface area (Å²) in [7, 11) is 0. The molecule has 0 fully saturated rings. The quantitative estimate of drug-likeness (QED) is 0.784.